The van der Waals surface area contributed by atoms with E-state index in [1.807, 2.05) is 35.0 Å². The molecule has 0 saturated carbocycles. The fourth-order valence-electron chi connectivity index (χ4n) is 2.10. The van der Waals surface area contributed by atoms with Crippen molar-refractivity contribution in [3.63, 3.8) is 0 Å². The largest absolute Gasteiger partial charge is 0.384 e. The smallest absolute Gasteiger partial charge is 0.123 e. The first kappa shape index (κ1) is 12.9. The molecule has 0 aliphatic carbocycles. The molecule has 1 aromatic carbocycles. The standard InChI is InChI=1S/C15H13BrN4/c1-10-6-12(2-3-13(10)16)20-9-18-8-14(20)11-4-5-19-15(17)7-11/h2-9H,1H3,(H2,17,19). The molecule has 0 saturated heterocycles. The number of nitrogen functional groups attached to an aromatic ring is 1. The second kappa shape index (κ2) is 5.09. The molecule has 0 spiro atoms. The highest BCUT2D eigenvalue weighted by Crippen LogP contribution is 2.25. The number of rotatable bonds is 2. The summed E-state index contributed by atoms with van der Waals surface area (Å²) in [4.78, 5) is 8.27. The van der Waals surface area contributed by atoms with Crippen molar-refractivity contribution < 1.29 is 0 Å². The molecule has 100 valence electrons. The maximum absolute atomic E-state index is 5.75. The van der Waals surface area contributed by atoms with E-state index in [1.54, 1.807) is 12.5 Å². The third-order valence-corrected chi connectivity index (χ3v) is 4.02. The van der Waals surface area contributed by atoms with Gasteiger partial charge < -0.3 is 5.73 Å². The monoisotopic (exact) mass is 328 g/mol. The van der Waals surface area contributed by atoms with Gasteiger partial charge in [0.1, 0.15) is 5.82 Å². The van der Waals surface area contributed by atoms with Gasteiger partial charge in [0.05, 0.1) is 18.2 Å². The number of imidazole rings is 1. The summed E-state index contributed by atoms with van der Waals surface area (Å²) in [6, 6.07) is 9.97. The lowest BCUT2D eigenvalue weighted by Gasteiger charge is -2.10. The van der Waals surface area contributed by atoms with E-state index in [1.165, 1.54) is 5.56 Å². The average Bonchev–Trinajstić information content (AvgIpc) is 2.91. The molecule has 0 bridgehead atoms. The van der Waals surface area contributed by atoms with E-state index in [9.17, 15) is 0 Å². The molecule has 0 radical (unpaired) electrons. The molecule has 2 N–H and O–H groups in total. The fraction of sp³-hybridized carbons (Fsp3) is 0.0667. The Labute approximate surface area is 125 Å². The molecular formula is C15H13BrN4. The maximum atomic E-state index is 5.75. The van der Waals surface area contributed by atoms with Crippen molar-refractivity contribution in [2.75, 3.05) is 5.73 Å². The molecule has 0 aliphatic rings. The van der Waals surface area contributed by atoms with Crippen LogP contribution in [-0.4, -0.2) is 14.5 Å². The summed E-state index contributed by atoms with van der Waals surface area (Å²) in [6.07, 6.45) is 5.33. The lowest BCUT2D eigenvalue weighted by Crippen LogP contribution is -1.97. The van der Waals surface area contributed by atoms with Gasteiger partial charge in [-0.15, -0.1) is 0 Å². The Balaban J connectivity index is 2.12. The van der Waals surface area contributed by atoms with E-state index < -0.39 is 0 Å². The Kier molecular flexibility index (Phi) is 3.28. The van der Waals surface area contributed by atoms with Gasteiger partial charge in [-0.2, -0.15) is 0 Å². The second-order valence-electron chi connectivity index (χ2n) is 4.55. The number of hydrogen-bond acceptors (Lipinski definition) is 3. The van der Waals surface area contributed by atoms with Crippen LogP contribution in [0.2, 0.25) is 0 Å². The van der Waals surface area contributed by atoms with Crippen molar-refractivity contribution in [1.82, 2.24) is 14.5 Å². The van der Waals surface area contributed by atoms with Crippen molar-refractivity contribution in [1.29, 1.82) is 0 Å². The summed E-state index contributed by atoms with van der Waals surface area (Å²) in [5, 5.41) is 0. The quantitative estimate of drug-likeness (QED) is 0.782. The first-order chi connectivity index (χ1) is 9.65. The lowest BCUT2D eigenvalue weighted by atomic mass is 10.2. The molecule has 5 heteroatoms. The van der Waals surface area contributed by atoms with E-state index in [0.717, 1.165) is 21.4 Å². The number of halogens is 1. The van der Waals surface area contributed by atoms with E-state index >= 15 is 0 Å². The summed E-state index contributed by atoms with van der Waals surface area (Å²) < 4.78 is 3.13. The molecule has 3 aromatic rings. The van der Waals surface area contributed by atoms with Crippen LogP contribution >= 0.6 is 15.9 Å². The van der Waals surface area contributed by atoms with Gasteiger partial charge in [-0.05, 0) is 42.8 Å². The predicted molar refractivity (Wildman–Crippen MR) is 83.6 cm³/mol. The molecule has 0 unspecified atom stereocenters. The van der Waals surface area contributed by atoms with Gasteiger partial charge in [0.2, 0.25) is 0 Å². The summed E-state index contributed by atoms with van der Waals surface area (Å²) in [7, 11) is 0. The number of aryl methyl sites for hydroxylation is 1. The van der Waals surface area contributed by atoms with Gasteiger partial charge in [-0.1, -0.05) is 15.9 Å². The SMILES string of the molecule is Cc1cc(-n2cncc2-c2ccnc(N)c2)ccc1Br. The second-order valence-corrected chi connectivity index (χ2v) is 5.41. The van der Waals surface area contributed by atoms with E-state index in [2.05, 4.69) is 38.9 Å². The number of nitrogens with two attached hydrogens (primary N) is 1. The minimum absolute atomic E-state index is 0.502. The highest BCUT2D eigenvalue weighted by molar-refractivity contribution is 9.10. The third-order valence-electron chi connectivity index (χ3n) is 3.14. The average molecular weight is 329 g/mol. The number of nitrogens with zero attached hydrogens (tertiary/aromatic N) is 3. The molecule has 0 fully saturated rings. The zero-order valence-electron chi connectivity index (χ0n) is 10.9. The van der Waals surface area contributed by atoms with Crippen LogP contribution in [0.3, 0.4) is 0 Å². The Morgan fingerprint density at radius 1 is 1.20 bits per heavy atom. The summed E-state index contributed by atoms with van der Waals surface area (Å²) in [5.41, 5.74) is 9.97. The normalized spacial score (nSPS) is 10.7. The minimum atomic E-state index is 0.502. The van der Waals surface area contributed by atoms with E-state index in [4.69, 9.17) is 5.73 Å². The van der Waals surface area contributed by atoms with Crippen LogP contribution in [0, 0.1) is 6.92 Å². The highest BCUT2D eigenvalue weighted by atomic mass is 79.9. The zero-order chi connectivity index (χ0) is 14.1. The van der Waals surface area contributed by atoms with Crippen LogP contribution in [0.15, 0.2) is 53.5 Å². The minimum Gasteiger partial charge on any atom is -0.384 e. The van der Waals surface area contributed by atoms with Crippen LogP contribution in [-0.2, 0) is 0 Å². The molecule has 2 aromatic heterocycles. The maximum Gasteiger partial charge on any atom is 0.123 e. The predicted octanol–water partition coefficient (Wildman–Crippen LogP) is 3.59. The highest BCUT2D eigenvalue weighted by Gasteiger charge is 2.08. The zero-order valence-corrected chi connectivity index (χ0v) is 12.5. The summed E-state index contributed by atoms with van der Waals surface area (Å²) in [6.45, 7) is 2.06. The van der Waals surface area contributed by atoms with Crippen LogP contribution in [0.5, 0.6) is 0 Å². The van der Waals surface area contributed by atoms with E-state index in [-0.39, 0.29) is 0 Å². The molecule has 3 rings (SSSR count). The summed E-state index contributed by atoms with van der Waals surface area (Å²) in [5.74, 6) is 0.502. The molecule has 0 aliphatic heterocycles. The van der Waals surface area contributed by atoms with Gasteiger partial charge >= 0.3 is 0 Å². The van der Waals surface area contributed by atoms with Crippen molar-refractivity contribution >= 4 is 21.7 Å². The van der Waals surface area contributed by atoms with Gasteiger partial charge in [0, 0.05) is 21.9 Å². The fourth-order valence-corrected chi connectivity index (χ4v) is 2.35. The molecule has 2 heterocycles. The number of aromatic nitrogens is 3. The first-order valence-electron chi connectivity index (χ1n) is 6.16. The van der Waals surface area contributed by atoms with Gasteiger partial charge in [-0.3, -0.25) is 4.57 Å². The Morgan fingerprint density at radius 2 is 2.05 bits per heavy atom. The molecule has 0 atom stereocenters. The van der Waals surface area contributed by atoms with E-state index in [0.29, 0.717) is 5.82 Å². The number of hydrogen-bond donors (Lipinski definition) is 1. The number of anilines is 1. The van der Waals surface area contributed by atoms with Crippen molar-refractivity contribution in [2.45, 2.75) is 6.92 Å². The van der Waals surface area contributed by atoms with Gasteiger partial charge in [-0.25, -0.2) is 9.97 Å². The third kappa shape index (κ3) is 2.32. The molecule has 0 amide bonds. The van der Waals surface area contributed by atoms with Crippen LogP contribution in [0.25, 0.3) is 16.9 Å². The van der Waals surface area contributed by atoms with Crippen molar-refractivity contribution in [3.05, 3.63) is 59.1 Å². The van der Waals surface area contributed by atoms with Gasteiger partial charge in [0.15, 0.2) is 0 Å². The van der Waals surface area contributed by atoms with Crippen molar-refractivity contribution in [2.24, 2.45) is 0 Å². The van der Waals surface area contributed by atoms with Gasteiger partial charge in [0.25, 0.3) is 0 Å². The first-order valence-corrected chi connectivity index (χ1v) is 6.95. The topological polar surface area (TPSA) is 56.7 Å². The Morgan fingerprint density at radius 3 is 2.80 bits per heavy atom. The summed E-state index contributed by atoms with van der Waals surface area (Å²) >= 11 is 3.52. The van der Waals surface area contributed by atoms with Crippen molar-refractivity contribution in [3.8, 4) is 16.9 Å². The Hall–Kier alpha value is -2.14. The van der Waals surface area contributed by atoms with Crippen LogP contribution < -0.4 is 5.73 Å². The number of benzene rings is 1. The lowest BCUT2D eigenvalue weighted by molar-refractivity contribution is 1.06. The molecule has 20 heavy (non-hydrogen) atoms. The Bertz CT molecular complexity index is 764. The van der Waals surface area contributed by atoms with Crippen LogP contribution in [0.1, 0.15) is 5.56 Å². The van der Waals surface area contributed by atoms with Crippen LogP contribution in [0.4, 0.5) is 5.82 Å². The molecule has 4 nitrogen and oxygen atoms in total. The molecular weight excluding hydrogens is 316 g/mol. The number of pyridine rings is 1.